The van der Waals surface area contributed by atoms with Crippen LogP contribution in [-0.4, -0.2) is 38.3 Å². The Kier molecular flexibility index (Phi) is 7.24. The molecular formula is C20H27N3O3S. The Bertz CT molecular complexity index is 884. The summed E-state index contributed by atoms with van der Waals surface area (Å²) in [5.41, 5.74) is 3.83. The summed E-state index contributed by atoms with van der Waals surface area (Å²) >= 11 is 1.54. The molecule has 0 spiro atoms. The number of nitrogens with zero attached hydrogens (tertiary/aromatic N) is 3. The number of rotatable bonds is 8. The molecular weight excluding hydrogens is 362 g/mol. The lowest BCUT2D eigenvalue weighted by Crippen LogP contribution is -2.14. The third-order valence-corrected chi connectivity index (χ3v) is 4.77. The highest BCUT2D eigenvalue weighted by atomic mass is 32.1. The normalized spacial score (nSPS) is 12.2. The van der Waals surface area contributed by atoms with Crippen LogP contribution in [-0.2, 0) is 0 Å². The van der Waals surface area contributed by atoms with E-state index in [2.05, 4.69) is 18.5 Å². The highest BCUT2D eigenvalue weighted by Crippen LogP contribution is 2.41. The van der Waals surface area contributed by atoms with Crippen molar-refractivity contribution in [2.24, 2.45) is 10.1 Å². The molecule has 146 valence electrons. The van der Waals surface area contributed by atoms with Gasteiger partial charge in [-0.15, -0.1) is 11.3 Å². The van der Waals surface area contributed by atoms with Crippen LogP contribution < -0.4 is 19.0 Å². The van der Waals surface area contributed by atoms with E-state index < -0.39 is 0 Å². The average Bonchev–Trinajstić information content (AvgIpc) is 3.07. The maximum atomic E-state index is 5.49. The van der Waals surface area contributed by atoms with Gasteiger partial charge in [0.2, 0.25) is 10.6 Å². The maximum absolute atomic E-state index is 5.49. The van der Waals surface area contributed by atoms with E-state index in [9.17, 15) is 0 Å². The zero-order chi connectivity index (χ0) is 20.0. The van der Waals surface area contributed by atoms with Crippen LogP contribution in [0.3, 0.4) is 0 Å². The molecule has 0 saturated carbocycles. The van der Waals surface area contributed by atoms with E-state index in [1.54, 1.807) is 21.3 Å². The van der Waals surface area contributed by atoms with Gasteiger partial charge < -0.3 is 14.2 Å². The average molecular weight is 390 g/mol. The molecule has 0 N–H and O–H groups in total. The van der Waals surface area contributed by atoms with Crippen molar-refractivity contribution in [2.75, 3.05) is 27.9 Å². The minimum Gasteiger partial charge on any atom is -0.493 e. The van der Waals surface area contributed by atoms with Gasteiger partial charge in [-0.2, -0.15) is 5.10 Å². The molecule has 6 nitrogen and oxygen atoms in total. The minimum atomic E-state index is 0.561. The van der Waals surface area contributed by atoms with Gasteiger partial charge >= 0.3 is 0 Å². The summed E-state index contributed by atoms with van der Waals surface area (Å²) in [6.45, 7) is 10.5. The van der Waals surface area contributed by atoms with Crippen molar-refractivity contribution in [3.8, 4) is 28.5 Å². The number of hydrogen-bond donors (Lipinski definition) is 0. The zero-order valence-electron chi connectivity index (χ0n) is 16.8. The van der Waals surface area contributed by atoms with Crippen LogP contribution >= 0.6 is 11.3 Å². The fourth-order valence-corrected chi connectivity index (χ4v) is 3.21. The van der Waals surface area contributed by atoms with Crippen molar-refractivity contribution in [2.45, 2.75) is 27.2 Å². The molecule has 1 aromatic carbocycles. The van der Waals surface area contributed by atoms with Gasteiger partial charge in [-0.25, -0.2) is 4.68 Å². The predicted molar refractivity (Wildman–Crippen MR) is 111 cm³/mol. The van der Waals surface area contributed by atoms with Gasteiger partial charge in [0.05, 0.1) is 33.6 Å². The highest BCUT2D eigenvalue weighted by Gasteiger charge is 2.17. The van der Waals surface area contributed by atoms with Gasteiger partial charge in [0.25, 0.3) is 0 Å². The molecule has 1 aromatic heterocycles. The number of hydrogen-bond acceptors (Lipinski definition) is 6. The molecule has 0 radical (unpaired) electrons. The Labute approximate surface area is 164 Å². The molecule has 2 aromatic rings. The molecule has 1 heterocycles. The first-order chi connectivity index (χ1) is 12.9. The Morgan fingerprint density at radius 1 is 1.11 bits per heavy atom. The largest absolute Gasteiger partial charge is 0.493 e. The van der Waals surface area contributed by atoms with Gasteiger partial charge in [-0.05, 0) is 32.4 Å². The third-order valence-electron chi connectivity index (χ3n) is 3.91. The number of ether oxygens (including phenoxy) is 3. The Hall–Kier alpha value is -2.54. The lowest BCUT2D eigenvalue weighted by molar-refractivity contribution is 0.324. The number of benzene rings is 1. The Balaban J connectivity index is 2.71. The molecule has 2 rings (SSSR count). The second-order valence-corrected chi connectivity index (χ2v) is 6.93. The molecule has 0 saturated heterocycles. The first kappa shape index (κ1) is 20.8. The summed E-state index contributed by atoms with van der Waals surface area (Å²) in [5, 5.41) is 6.78. The maximum Gasteiger partial charge on any atom is 0.206 e. The van der Waals surface area contributed by atoms with Crippen molar-refractivity contribution in [1.82, 2.24) is 4.68 Å². The first-order valence-electron chi connectivity index (χ1n) is 8.65. The number of methoxy groups -OCH3 is 3. The smallest absolute Gasteiger partial charge is 0.206 e. The lowest BCUT2D eigenvalue weighted by atomic mass is 10.1. The van der Waals surface area contributed by atoms with Gasteiger partial charge in [0.1, 0.15) is 0 Å². The molecule has 0 aliphatic rings. The molecule has 0 unspecified atom stereocenters. The van der Waals surface area contributed by atoms with Gasteiger partial charge in [0.15, 0.2) is 11.5 Å². The summed E-state index contributed by atoms with van der Waals surface area (Å²) in [7, 11) is 4.81. The van der Waals surface area contributed by atoms with Crippen molar-refractivity contribution in [1.29, 1.82) is 0 Å². The molecule has 27 heavy (non-hydrogen) atoms. The standard InChI is InChI=1S/C20H27N3O3S/c1-8-14(4)22-23-16(12-27-20(23)21-11-13(2)3)15-9-17(24-5)19(26-7)18(10-15)25-6/h9-10,12H,2,8,11H2,1,3-7H3. The number of aromatic nitrogens is 1. The monoisotopic (exact) mass is 389 g/mol. The molecule has 0 fully saturated rings. The van der Waals surface area contributed by atoms with Gasteiger partial charge in [0, 0.05) is 16.7 Å². The van der Waals surface area contributed by atoms with E-state index in [0.717, 1.165) is 33.8 Å². The quantitative estimate of drug-likeness (QED) is 0.498. The van der Waals surface area contributed by atoms with Crippen LogP contribution in [0.15, 0.2) is 39.8 Å². The van der Waals surface area contributed by atoms with Crippen LogP contribution in [0.1, 0.15) is 27.2 Å². The second kappa shape index (κ2) is 9.41. The fourth-order valence-electron chi connectivity index (χ4n) is 2.38. The predicted octanol–water partition coefficient (Wildman–Crippen LogP) is 4.35. The highest BCUT2D eigenvalue weighted by molar-refractivity contribution is 7.07. The van der Waals surface area contributed by atoms with E-state index in [0.29, 0.717) is 23.8 Å². The molecule has 0 aliphatic heterocycles. The SMILES string of the molecule is C=C(C)CN=c1scc(-c2cc(OC)c(OC)c(OC)c2)n1N=C(C)CC. The zero-order valence-corrected chi connectivity index (χ0v) is 17.6. The van der Waals surface area contributed by atoms with Crippen LogP contribution in [0.5, 0.6) is 17.2 Å². The van der Waals surface area contributed by atoms with Crippen LogP contribution in [0.4, 0.5) is 0 Å². The molecule has 0 atom stereocenters. The molecule has 0 aliphatic carbocycles. The topological polar surface area (TPSA) is 57.3 Å². The summed E-state index contributed by atoms with van der Waals surface area (Å²) in [5.74, 6) is 1.76. The summed E-state index contributed by atoms with van der Waals surface area (Å²) in [6, 6.07) is 3.83. The van der Waals surface area contributed by atoms with E-state index in [4.69, 9.17) is 19.3 Å². The lowest BCUT2D eigenvalue weighted by Gasteiger charge is -2.14. The van der Waals surface area contributed by atoms with E-state index in [-0.39, 0.29) is 0 Å². The summed E-state index contributed by atoms with van der Waals surface area (Å²) in [6.07, 6.45) is 0.859. The third kappa shape index (κ3) is 4.80. The Morgan fingerprint density at radius 2 is 1.74 bits per heavy atom. The van der Waals surface area contributed by atoms with Gasteiger partial charge in [-0.1, -0.05) is 19.1 Å². The fraction of sp³-hybridized carbons (Fsp3) is 0.400. The van der Waals surface area contributed by atoms with E-state index in [1.807, 2.05) is 36.0 Å². The van der Waals surface area contributed by atoms with Gasteiger partial charge in [-0.3, -0.25) is 4.99 Å². The summed E-state index contributed by atoms with van der Waals surface area (Å²) in [4.78, 5) is 5.46. The van der Waals surface area contributed by atoms with Crippen molar-refractivity contribution in [3.05, 3.63) is 34.5 Å². The van der Waals surface area contributed by atoms with Crippen LogP contribution in [0, 0.1) is 0 Å². The minimum absolute atomic E-state index is 0.561. The Morgan fingerprint density at radius 3 is 2.22 bits per heavy atom. The van der Waals surface area contributed by atoms with Crippen molar-refractivity contribution in [3.63, 3.8) is 0 Å². The van der Waals surface area contributed by atoms with Crippen molar-refractivity contribution < 1.29 is 14.2 Å². The van der Waals surface area contributed by atoms with Crippen LogP contribution in [0.2, 0.25) is 0 Å². The first-order valence-corrected chi connectivity index (χ1v) is 9.53. The number of thiazole rings is 1. The van der Waals surface area contributed by atoms with Crippen molar-refractivity contribution >= 4 is 17.0 Å². The summed E-state index contributed by atoms with van der Waals surface area (Å²) < 4.78 is 18.3. The van der Waals surface area contributed by atoms with E-state index in [1.165, 1.54) is 11.3 Å². The molecule has 0 amide bonds. The van der Waals surface area contributed by atoms with E-state index >= 15 is 0 Å². The molecule has 7 heteroatoms. The second-order valence-electron chi connectivity index (χ2n) is 6.09. The molecule has 0 bridgehead atoms. The van der Waals surface area contributed by atoms with Crippen LogP contribution in [0.25, 0.3) is 11.3 Å².